The Hall–Kier alpha value is -0.650. The quantitative estimate of drug-likeness (QED) is 0.671. The maximum Gasteiger partial charge on any atom is 0.228 e. The molecule has 1 aliphatic heterocycles. The van der Waals surface area contributed by atoms with E-state index < -0.39 is 0 Å². The van der Waals surface area contributed by atoms with Crippen LogP contribution in [0.4, 0.5) is 0 Å². The van der Waals surface area contributed by atoms with Crippen molar-refractivity contribution in [3.8, 4) is 0 Å². The van der Waals surface area contributed by atoms with Gasteiger partial charge in [-0.05, 0) is 32.4 Å². The number of methoxy groups -OCH3 is 2. The first kappa shape index (κ1) is 17.4. The molecule has 0 bridgehead atoms. The summed E-state index contributed by atoms with van der Waals surface area (Å²) in [6, 6.07) is 0.107. The molecule has 0 spiro atoms. The number of carbonyl (C=O) groups is 1. The molecular weight excluding hydrogens is 256 g/mol. The van der Waals surface area contributed by atoms with Crippen molar-refractivity contribution in [2.45, 2.75) is 45.1 Å². The number of piperidine rings is 1. The molecular formula is C15H30N2O3. The molecule has 0 aromatic carbocycles. The van der Waals surface area contributed by atoms with Crippen molar-refractivity contribution in [1.29, 1.82) is 0 Å². The molecule has 0 radical (unpaired) electrons. The van der Waals surface area contributed by atoms with Crippen molar-refractivity contribution >= 4 is 5.91 Å². The first-order chi connectivity index (χ1) is 9.68. The Kier molecular flexibility index (Phi) is 8.11. The summed E-state index contributed by atoms with van der Waals surface area (Å²) in [7, 11) is 3.35. The predicted molar refractivity (Wildman–Crippen MR) is 79.7 cm³/mol. The van der Waals surface area contributed by atoms with Gasteiger partial charge in [0.1, 0.15) is 0 Å². The van der Waals surface area contributed by atoms with Crippen LogP contribution in [-0.4, -0.2) is 52.5 Å². The van der Waals surface area contributed by atoms with Gasteiger partial charge in [-0.3, -0.25) is 4.79 Å². The largest absolute Gasteiger partial charge is 0.384 e. The third kappa shape index (κ3) is 5.04. The van der Waals surface area contributed by atoms with E-state index in [9.17, 15) is 4.79 Å². The van der Waals surface area contributed by atoms with Crippen LogP contribution < -0.4 is 10.6 Å². The summed E-state index contributed by atoms with van der Waals surface area (Å²) >= 11 is 0. The Bertz CT molecular complexity index is 273. The van der Waals surface area contributed by atoms with Crippen LogP contribution in [0.25, 0.3) is 0 Å². The Morgan fingerprint density at radius 1 is 1.30 bits per heavy atom. The number of amides is 1. The van der Waals surface area contributed by atoms with Crippen molar-refractivity contribution in [3.63, 3.8) is 0 Å². The van der Waals surface area contributed by atoms with Crippen LogP contribution in [0, 0.1) is 5.41 Å². The molecule has 118 valence electrons. The summed E-state index contributed by atoms with van der Waals surface area (Å²) in [5.74, 6) is 0.124. The molecule has 1 amide bonds. The van der Waals surface area contributed by atoms with Gasteiger partial charge in [-0.1, -0.05) is 19.8 Å². The van der Waals surface area contributed by atoms with Crippen LogP contribution in [0.2, 0.25) is 0 Å². The van der Waals surface area contributed by atoms with Gasteiger partial charge in [0.15, 0.2) is 0 Å². The van der Waals surface area contributed by atoms with Gasteiger partial charge in [0.05, 0.1) is 24.7 Å². The topological polar surface area (TPSA) is 59.6 Å². The van der Waals surface area contributed by atoms with E-state index in [1.807, 2.05) is 0 Å². The molecule has 1 fully saturated rings. The highest BCUT2D eigenvalue weighted by Crippen LogP contribution is 2.29. The van der Waals surface area contributed by atoms with E-state index in [4.69, 9.17) is 9.47 Å². The SMILES string of the molecule is CCCCC(COC)NC(=O)C1(COC)CCNCC1. The average Bonchev–Trinajstić information content (AvgIpc) is 2.46. The summed E-state index contributed by atoms with van der Waals surface area (Å²) in [6.07, 6.45) is 4.87. The van der Waals surface area contributed by atoms with Gasteiger partial charge >= 0.3 is 0 Å². The number of nitrogens with one attached hydrogen (secondary N) is 2. The second kappa shape index (κ2) is 9.32. The summed E-state index contributed by atoms with van der Waals surface area (Å²) in [4.78, 5) is 12.7. The number of hydrogen-bond donors (Lipinski definition) is 2. The van der Waals surface area contributed by atoms with E-state index in [0.717, 1.165) is 45.2 Å². The predicted octanol–water partition coefficient (Wildman–Crippen LogP) is 1.32. The number of ether oxygens (including phenoxy) is 2. The summed E-state index contributed by atoms with van der Waals surface area (Å²) in [5.41, 5.74) is -0.377. The van der Waals surface area contributed by atoms with Gasteiger partial charge in [-0.2, -0.15) is 0 Å². The van der Waals surface area contributed by atoms with Crippen molar-refractivity contribution in [3.05, 3.63) is 0 Å². The smallest absolute Gasteiger partial charge is 0.228 e. The van der Waals surface area contributed by atoms with E-state index in [-0.39, 0.29) is 17.4 Å². The monoisotopic (exact) mass is 286 g/mol. The Morgan fingerprint density at radius 2 is 2.00 bits per heavy atom. The Morgan fingerprint density at radius 3 is 2.55 bits per heavy atom. The highest BCUT2D eigenvalue weighted by atomic mass is 16.5. The number of hydrogen-bond acceptors (Lipinski definition) is 4. The van der Waals surface area contributed by atoms with Crippen LogP contribution in [0.1, 0.15) is 39.0 Å². The maximum atomic E-state index is 12.7. The lowest BCUT2D eigenvalue weighted by Gasteiger charge is -2.36. The molecule has 20 heavy (non-hydrogen) atoms. The second-order valence-corrected chi connectivity index (χ2v) is 5.73. The zero-order valence-electron chi connectivity index (χ0n) is 13.2. The molecule has 5 nitrogen and oxygen atoms in total. The molecule has 0 aromatic rings. The van der Waals surface area contributed by atoms with Gasteiger partial charge < -0.3 is 20.1 Å². The highest BCUT2D eigenvalue weighted by molar-refractivity contribution is 5.83. The molecule has 0 saturated carbocycles. The first-order valence-electron chi connectivity index (χ1n) is 7.68. The summed E-state index contributed by atoms with van der Waals surface area (Å²) < 4.78 is 10.5. The zero-order valence-corrected chi connectivity index (χ0v) is 13.2. The molecule has 1 heterocycles. The standard InChI is InChI=1S/C15H30N2O3/c1-4-5-6-13(11-19-2)17-14(18)15(12-20-3)7-9-16-10-8-15/h13,16H,4-12H2,1-3H3,(H,17,18). The van der Waals surface area contributed by atoms with Gasteiger partial charge in [0.25, 0.3) is 0 Å². The summed E-state index contributed by atoms with van der Waals surface area (Å²) in [6.45, 7) is 4.98. The number of unbranched alkanes of at least 4 members (excludes halogenated alkanes) is 1. The van der Waals surface area contributed by atoms with Crippen LogP contribution in [0.5, 0.6) is 0 Å². The first-order valence-corrected chi connectivity index (χ1v) is 7.68. The number of rotatable bonds is 9. The minimum absolute atomic E-state index is 0.107. The fourth-order valence-electron chi connectivity index (χ4n) is 2.81. The third-order valence-corrected chi connectivity index (χ3v) is 4.07. The molecule has 1 unspecified atom stereocenters. The Labute approximate surface area is 122 Å². The zero-order chi connectivity index (χ0) is 14.8. The molecule has 2 N–H and O–H groups in total. The molecule has 1 atom stereocenters. The van der Waals surface area contributed by atoms with Crippen LogP contribution in [-0.2, 0) is 14.3 Å². The van der Waals surface area contributed by atoms with E-state index in [0.29, 0.717) is 13.2 Å². The Balaban J connectivity index is 2.62. The second-order valence-electron chi connectivity index (χ2n) is 5.73. The molecule has 5 heteroatoms. The minimum Gasteiger partial charge on any atom is -0.384 e. The van der Waals surface area contributed by atoms with E-state index >= 15 is 0 Å². The molecule has 0 aromatic heterocycles. The lowest BCUT2D eigenvalue weighted by Crippen LogP contribution is -2.53. The van der Waals surface area contributed by atoms with Crippen molar-refractivity contribution in [2.75, 3.05) is 40.5 Å². The lowest BCUT2D eigenvalue weighted by atomic mass is 9.78. The fourth-order valence-corrected chi connectivity index (χ4v) is 2.81. The van der Waals surface area contributed by atoms with Crippen molar-refractivity contribution in [2.24, 2.45) is 5.41 Å². The number of carbonyl (C=O) groups excluding carboxylic acids is 1. The minimum atomic E-state index is -0.377. The van der Waals surface area contributed by atoms with Gasteiger partial charge in [0.2, 0.25) is 5.91 Å². The highest BCUT2D eigenvalue weighted by Gasteiger charge is 2.40. The molecule has 1 rings (SSSR count). The van der Waals surface area contributed by atoms with Gasteiger partial charge in [-0.25, -0.2) is 0 Å². The molecule has 0 aliphatic carbocycles. The van der Waals surface area contributed by atoms with Crippen LogP contribution in [0.15, 0.2) is 0 Å². The van der Waals surface area contributed by atoms with Crippen molar-refractivity contribution in [1.82, 2.24) is 10.6 Å². The molecule has 1 aliphatic rings. The van der Waals surface area contributed by atoms with E-state index in [1.54, 1.807) is 14.2 Å². The lowest BCUT2D eigenvalue weighted by molar-refractivity contribution is -0.137. The van der Waals surface area contributed by atoms with E-state index in [2.05, 4.69) is 17.6 Å². The maximum absolute atomic E-state index is 12.7. The normalized spacial score (nSPS) is 19.6. The average molecular weight is 286 g/mol. The third-order valence-electron chi connectivity index (χ3n) is 4.07. The fraction of sp³-hybridized carbons (Fsp3) is 0.933. The van der Waals surface area contributed by atoms with Crippen LogP contribution >= 0.6 is 0 Å². The van der Waals surface area contributed by atoms with E-state index in [1.165, 1.54) is 0 Å². The summed E-state index contributed by atoms with van der Waals surface area (Å²) in [5, 5.41) is 6.48. The van der Waals surface area contributed by atoms with Gasteiger partial charge in [-0.15, -0.1) is 0 Å². The van der Waals surface area contributed by atoms with Crippen molar-refractivity contribution < 1.29 is 14.3 Å². The van der Waals surface area contributed by atoms with Crippen LogP contribution in [0.3, 0.4) is 0 Å². The molecule has 1 saturated heterocycles. The van der Waals surface area contributed by atoms with Gasteiger partial charge in [0, 0.05) is 14.2 Å².